The van der Waals surface area contributed by atoms with Crippen molar-refractivity contribution in [1.82, 2.24) is 0 Å². The van der Waals surface area contributed by atoms with Crippen LogP contribution in [0.25, 0.3) is 6.08 Å². The van der Waals surface area contributed by atoms with Crippen molar-refractivity contribution in [2.45, 2.75) is 6.10 Å². The molecule has 0 bridgehead atoms. The van der Waals surface area contributed by atoms with E-state index in [0.29, 0.717) is 0 Å². The van der Waals surface area contributed by atoms with Crippen molar-refractivity contribution in [2.24, 2.45) is 0 Å². The van der Waals surface area contributed by atoms with Gasteiger partial charge < -0.3 is 5.11 Å². The Kier molecular flexibility index (Phi) is 4.13. The van der Waals surface area contributed by atoms with Gasteiger partial charge >= 0.3 is 0 Å². The Labute approximate surface area is 110 Å². The Hall–Kier alpha value is -1.38. The molecule has 0 aromatic heterocycles. The molecule has 17 heavy (non-hydrogen) atoms. The minimum Gasteiger partial charge on any atom is -0.384 e. The van der Waals surface area contributed by atoms with Gasteiger partial charge in [-0.15, -0.1) is 0 Å². The first kappa shape index (κ1) is 12.1. The first-order chi connectivity index (χ1) is 8.27. The van der Waals surface area contributed by atoms with Gasteiger partial charge in [0.1, 0.15) is 0 Å². The lowest BCUT2D eigenvalue weighted by molar-refractivity contribution is 0.229. The minimum absolute atomic E-state index is 0.566. The molecule has 2 aromatic rings. The number of benzene rings is 2. The number of aliphatic hydroxyl groups excluding tert-OH is 1. The van der Waals surface area contributed by atoms with Crippen LogP contribution in [0, 0.1) is 0 Å². The molecule has 0 aliphatic rings. The van der Waals surface area contributed by atoms with E-state index in [1.807, 2.05) is 60.7 Å². The lowest BCUT2D eigenvalue weighted by Gasteiger charge is -2.05. The van der Waals surface area contributed by atoms with Gasteiger partial charge in [0.25, 0.3) is 0 Å². The number of hydrogen-bond acceptors (Lipinski definition) is 1. The second kappa shape index (κ2) is 5.80. The van der Waals surface area contributed by atoms with Crippen molar-refractivity contribution in [2.75, 3.05) is 0 Å². The molecule has 2 rings (SSSR count). The fourth-order valence-corrected chi connectivity index (χ4v) is 1.98. The molecule has 1 unspecified atom stereocenters. The summed E-state index contributed by atoms with van der Waals surface area (Å²) < 4.78 is 1.02. The second-order valence-corrected chi connectivity index (χ2v) is 4.59. The number of aliphatic hydroxyl groups is 1. The summed E-state index contributed by atoms with van der Waals surface area (Å²) in [6.45, 7) is 0. The van der Waals surface area contributed by atoms with Crippen molar-refractivity contribution < 1.29 is 5.11 Å². The third kappa shape index (κ3) is 3.29. The van der Waals surface area contributed by atoms with Crippen molar-refractivity contribution in [3.63, 3.8) is 0 Å². The monoisotopic (exact) mass is 288 g/mol. The van der Waals surface area contributed by atoms with E-state index in [-0.39, 0.29) is 0 Å². The summed E-state index contributed by atoms with van der Waals surface area (Å²) in [5.74, 6) is 0. The van der Waals surface area contributed by atoms with Crippen molar-refractivity contribution >= 4 is 22.0 Å². The zero-order chi connectivity index (χ0) is 12.1. The summed E-state index contributed by atoms with van der Waals surface area (Å²) >= 11 is 3.47. The van der Waals surface area contributed by atoms with Crippen molar-refractivity contribution in [3.05, 3.63) is 76.3 Å². The summed E-state index contributed by atoms with van der Waals surface area (Å²) in [6.07, 6.45) is 3.14. The van der Waals surface area contributed by atoms with Gasteiger partial charge in [-0.2, -0.15) is 0 Å². The first-order valence-electron chi connectivity index (χ1n) is 5.43. The lowest BCUT2D eigenvalue weighted by atomic mass is 10.1. The summed E-state index contributed by atoms with van der Waals surface area (Å²) in [5.41, 5.74) is 1.96. The predicted octanol–water partition coefficient (Wildman–Crippen LogP) is 4.20. The standard InChI is InChI=1S/C15H13BrO/c16-14-9-5-4-6-12(14)10-11-15(17)13-7-2-1-3-8-13/h1-11,15,17H/b11-10+. The van der Waals surface area contributed by atoms with E-state index in [1.54, 1.807) is 6.08 Å². The van der Waals surface area contributed by atoms with E-state index in [2.05, 4.69) is 15.9 Å². The molecule has 0 radical (unpaired) electrons. The average molecular weight is 289 g/mol. The highest BCUT2D eigenvalue weighted by atomic mass is 79.9. The molecule has 0 fully saturated rings. The molecule has 1 N–H and O–H groups in total. The summed E-state index contributed by atoms with van der Waals surface area (Å²) in [5, 5.41) is 9.97. The maximum atomic E-state index is 9.97. The van der Waals surface area contributed by atoms with Crippen LogP contribution < -0.4 is 0 Å². The van der Waals surface area contributed by atoms with Crippen molar-refractivity contribution in [3.8, 4) is 0 Å². The van der Waals surface area contributed by atoms with Crippen LogP contribution in [0.15, 0.2) is 65.1 Å². The second-order valence-electron chi connectivity index (χ2n) is 3.74. The Morgan fingerprint density at radius 2 is 1.59 bits per heavy atom. The van der Waals surface area contributed by atoms with Crippen LogP contribution in [0.2, 0.25) is 0 Å². The van der Waals surface area contributed by atoms with Gasteiger partial charge in [-0.1, -0.05) is 76.6 Å². The summed E-state index contributed by atoms with van der Waals surface area (Å²) in [4.78, 5) is 0. The summed E-state index contributed by atoms with van der Waals surface area (Å²) in [6, 6.07) is 17.5. The molecule has 2 heteroatoms. The van der Waals surface area contributed by atoms with Crippen LogP contribution >= 0.6 is 15.9 Å². The molecule has 0 saturated carbocycles. The van der Waals surface area contributed by atoms with E-state index in [1.165, 1.54) is 0 Å². The van der Waals surface area contributed by atoms with Crippen LogP contribution in [0.4, 0.5) is 0 Å². The largest absolute Gasteiger partial charge is 0.384 e. The highest BCUT2D eigenvalue weighted by Crippen LogP contribution is 2.20. The smallest absolute Gasteiger partial charge is 0.0975 e. The Balaban J connectivity index is 2.14. The molecule has 0 heterocycles. The van der Waals surface area contributed by atoms with Gasteiger partial charge in [0, 0.05) is 4.47 Å². The van der Waals surface area contributed by atoms with Gasteiger partial charge in [0.05, 0.1) is 6.10 Å². The van der Waals surface area contributed by atoms with Crippen LogP contribution in [0.1, 0.15) is 17.2 Å². The molecule has 86 valence electrons. The highest BCUT2D eigenvalue weighted by Gasteiger charge is 2.01. The zero-order valence-corrected chi connectivity index (χ0v) is 10.8. The number of hydrogen-bond donors (Lipinski definition) is 1. The fraction of sp³-hybridized carbons (Fsp3) is 0.0667. The maximum Gasteiger partial charge on any atom is 0.0975 e. The first-order valence-corrected chi connectivity index (χ1v) is 6.22. The lowest BCUT2D eigenvalue weighted by Crippen LogP contribution is -1.91. The Morgan fingerprint density at radius 1 is 0.941 bits per heavy atom. The highest BCUT2D eigenvalue weighted by molar-refractivity contribution is 9.10. The van der Waals surface area contributed by atoms with Crippen LogP contribution in [0.3, 0.4) is 0 Å². The van der Waals surface area contributed by atoms with E-state index in [0.717, 1.165) is 15.6 Å². The van der Waals surface area contributed by atoms with Crippen LogP contribution in [-0.4, -0.2) is 5.11 Å². The third-order valence-electron chi connectivity index (χ3n) is 2.50. The SMILES string of the molecule is OC(/C=C/c1ccccc1Br)c1ccccc1. The zero-order valence-electron chi connectivity index (χ0n) is 9.25. The molecular weight excluding hydrogens is 276 g/mol. The molecule has 2 aromatic carbocycles. The van der Waals surface area contributed by atoms with Crippen LogP contribution in [-0.2, 0) is 0 Å². The topological polar surface area (TPSA) is 20.2 Å². The fourth-order valence-electron chi connectivity index (χ4n) is 1.57. The molecular formula is C15H13BrO. The number of rotatable bonds is 3. The average Bonchev–Trinajstić information content (AvgIpc) is 2.38. The maximum absolute atomic E-state index is 9.97. The van der Waals surface area contributed by atoms with Gasteiger partial charge in [0.2, 0.25) is 0 Å². The molecule has 1 atom stereocenters. The molecule has 0 spiro atoms. The van der Waals surface area contributed by atoms with E-state index in [9.17, 15) is 5.11 Å². The van der Waals surface area contributed by atoms with Gasteiger partial charge in [-0.3, -0.25) is 0 Å². The third-order valence-corrected chi connectivity index (χ3v) is 3.23. The molecule has 0 aliphatic heterocycles. The Morgan fingerprint density at radius 3 is 2.29 bits per heavy atom. The Bertz CT molecular complexity index is 505. The normalized spacial score (nSPS) is 12.8. The van der Waals surface area contributed by atoms with E-state index in [4.69, 9.17) is 0 Å². The summed E-state index contributed by atoms with van der Waals surface area (Å²) in [7, 11) is 0. The van der Waals surface area contributed by atoms with E-state index >= 15 is 0 Å². The van der Waals surface area contributed by atoms with Gasteiger partial charge in [-0.05, 0) is 17.2 Å². The molecule has 0 amide bonds. The quantitative estimate of drug-likeness (QED) is 0.898. The van der Waals surface area contributed by atoms with Crippen LogP contribution in [0.5, 0.6) is 0 Å². The van der Waals surface area contributed by atoms with E-state index < -0.39 is 6.10 Å². The van der Waals surface area contributed by atoms with Gasteiger partial charge in [0.15, 0.2) is 0 Å². The molecule has 0 aliphatic carbocycles. The van der Waals surface area contributed by atoms with Gasteiger partial charge in [-0.25, -0.2) is 0 Å². The minimum atomic E-state index is -0.566. The molecule has 0 saturated heterocycles. The molecule has 1 nitrogen and oxygen atoms in total. The number of halogens is 1. The van der Waals surface area contributed by atoms with Crippen molar-refractivity contribution in [1.29, 1.82) is 0 Å². The predicted molar refractivity (Wildman–Crippen MR) is 74.6 cm³/mol.